The number of halogens is 2. The number of nitrogens with one attached hydrogen (secondary N) is 1. The summed E-state index contributed by atoms with van der Waals surface area (Å²) < 4.78 is 5.49. The minimum Gasteiger partial charge on any atom is -0.478 e. The van der Waals surface area contributed by atoms with Crippen LogP contribution in [-0.4, -0.2) is 23.7 Å². The van der Waals surface area contributed by atoms with Crippen LogP contribution in [0.5, 0.6) is 0 Å². The summed E-state index contributed by atoms with van der Waals surface area (Å²) >= 11 is 12.6. The highest BCUT2D eigenvalue weighted by molar-refractivity contribution is 6.42. The summed E-state index contributed by atoms with van der Waals surface area (Å²) in [6, 6.07) is 4.99. The maximum atomic E-state index is 12.9. The molecule has 0 saturated carbocycles. The largest absolute Gasteiger partial charge is 0.478 e. The molecule has 0 bridgehead atoms. The SMILES string of the molecule is CCCCCCCOC(=O)C1=C(C)NC(C)=C(C(=O)O)C1c1cccc(Cl)c1Cl. The van der Waals surface area contributed by atoms with E-state index < -0.39 is 17.9 Å². The zero-order valence-corrected chi connectivity index (χ0v) is 18.5. The van der Waals surface area contributed by atoms with Crippen LogP contribution in [0.1, 0.15) is 64.4 Å². The molecule has 1 unspecified atom stereocenters. The van der Waals surface area contributed by atoms with E-state index in [4.69, 9.17) is 27.9 Å². The summed E-state index contributed by atoms with van der Waals surface area (Å²) in [7, 11) is 0. The molecule has 0 aromatic heterocycles. The Bertz CT molecular complexity index is 845. The lowest BCUT2D eigenvalue weighted by molar-refractivity contribution is -0.139. The van der Waals surface area contributed by atoms with Crippen LogP contribution >= 0.6 is 23.2 Å². The zero-order valence-electron chi connectivity index (χ0n) is 17.0. The Labute approximate surface area is 181 Å². The van der Waals surface area contributed by atoms with Gasteiger partial charge in [0.1, 0.15) is 0 Å². The number of carbonyl (C=O) groups is 2. The van der Waals surface area contributed by atoms with E-state index in [9.17, 15) is 14.7 Å². The Kier molecular flexibility index (Phi) is 8.60. The first kappa shape index (κ1) is 23.3. The summed E-state index contributed by atoms with van der Waals surface area (Å²) in [6.45, 7) is 5.82. The van der Waals surface area contributed by atoms with Gasteiger partial charge in [0.25, 0.3) is 0 Å². The second kappa shape index (κ2) is 10.7. The van der Waals surface area contributed by atoms with Gasteiger partial charge in [0.05, 0.1) is 33.7 Å². The van der Waals surface area contributed by atoms with Crippen molar-refractivity contribution in [3.05, 3.63) is 56.3 Å². The Hall–Kier alpha value is -1.98. The second-order valence-corrected chi connectivity index (χ2v) is 7.92. The van der Waals surface area contributed by atoms with E-state index in [-0.39, 0.29) is 16.2 Å². The van der Waals surface area contributed by atoms with Crippen LogP contribution in [0.15, 0.2) is 40.7 Å². The summed E-state index contributed by atoms with van der Waals surface area (Å²) in [5.74, 6) is -2.54. The minimum absolute atomic E-state index is 0.0506. The number of allylic oxidation sites excluding steroid dienone is 2. The molecule has 29 heavy (non-hydrogen) atoms. The quantitative estimate of drug-likeness (QED) is 0.374. The minimum atomic E-state index is -1.13. The molecule has 158 valence electrons. The number of carbonyl (C=O) groups excluding carboxylic acids is 1. The molecule has 1 aliphatic rings. The number of hydrogen-bond donors (Lipinski definition) is 2. The maximum Gasteiger partial charge on any atom is 0.336 e. The number of benzene rings is 1. The number of carboxylic acid groups (broad SMARTS) is 1. The molecule has 1 aliphatic heterocycles. The molecular formula is C22H27Cl2NO4. The number of aliphatic carboxylic acids is 1. The van der Waals surface area contributed by atoms with E-state index in [2.05, 4.69) is 12.2 Å². The average molecular weight is 440 g/mol. The van der Waals surface area contributed by atoms with Gasteiger partial charge in [0, 0.05) is 11.4 Å². The van der Waals surface area contributed by atoms with Crippen LogP contribution in [0, 0.1) is 0 Å². The molecule has 0 spiro atoms. The fraction of sp³-hybridized carbons (Fsp3) is 0.455. The van der Waals surface area contributed by atoms with E-state index >= 15 is 0 Å². The van der Waals surface area contributed by atoms with Gasteiger partial charge in [-0.1, -0.05) is 67.9 Å². The molecule has 2 rings (SSSR count). The normalized spacial score (nSPS) is 16.7. The standard InChI is InChI=1S/C22H27Cl2NO4/c1-4-5-6-7-8-12-29-22(28)18-14(3)25-13(2)17(21(26)27)19(18)15-10-9-11-16(23)20(15)24/h9-11,19,25H,4-8,12H2,1-3H3,(H,26,27). The number of carboxylic acids is 1. The number of rotatable bonds is 9. The van der Waals surface area contributed by atoms with Crippen molar-refractivity contribution < 1.29 is 19.4 Å². The topological polar surface area (TPSA) is 75.6 Å². The van der Waals surface area contributed by atoms with Crippen LogP contribution in [0.2, 0.25) is 10.0 Å². The smallest absolute Gasteiger partial charge is 0.336 e. The first-order chi connectivity index (χ1) is 13.8. The lowest BCUT2D eigenvalue weighted by Gasteiger charge is -2.30. The van der Waals surface area contributed by atoms with E-state index in [0.717, 1.165) is 32.1 Å². The van der Waals surface area contributed by atoms with Crippen LogP contribution in [0.3, 0.4) is 0 Å². The maximum absolute atomic E-state index is 12.9. The van der Waals surface area contributed by atoms with Crippen molar-refractivity contribution >= 4 is 35.1 Å². The highest BCUT2D eigenvalue weighted by atomic mass is 35.5. The van der Waals surface area contributed by atoms with Gasteiger partial charge in [-0.15, -0.1) is 0 Å². The molecule has 7 heteroatoms. The molecule has 0 radical (unpaired) electrons. The van der Waals surface area contributed by atoms with Crippen LogP contribution in [0.25, 0.3) is 0 Å². The molecule has 1 aromatic rings. The summed E-state index contributed by atoms with van der Waals surface area (Å²) in [5, 5.41) is 13.4. The van der Waals surface area contributed by atoms with Crippen molar-refractivity contribution in [3.8, 4) is 0 Å². The van der Waals surface area contributed by atoms with Crippen molar-refractivity contribution in [2.45, 2.75) is 58.8 Å². The van der Waals surface area contributed by atoms with Gasteiger partial charge >= 0.3 is 11.9 Å². The van der Waals surface area contributed by atoms with E-state index in [1.807, 2.05) is 0 Å². The van der Waals surface area contributed by atoms with Gasteiger partial charge in [-0.05, 0) is 31.9 Å². The summed E-state index contributed by atoms with van der Waals surface area (Å²) in [6.07, 6.45) is 5.16. The van der Waals surface area contributed by atoms with Crippen molar-refractivity contribution in [1.29, 1.82) is 0 Å². The first-order valence-corrected chi connectivity index (χ1v) is 10.6. The van der Waals surface area contributed by atoms with Crippen molar-refractivity contribution in [3.63, 3.8) is 0 Å². The molecule has 0 amide bonds. The molecule has 1 heterocycles. The van der Waals surface area contributed by atoms with Gasteiger partial charge in [0.15, 0.2) is 0 Å². The average Bonchev–Trinajstić information content (AvgIpc) is 2.65. The molecule has 1 aromatic carbocycles. The van der Waals surface area contributed by atoms with E-state index in [0.29, 0.717) is 28.6 Å². The first-order valence-electron chi connectivity index (χ1n) is 9.82. The number of esters is 1. The third-order valence-corrected chi connectivity index (χ3v) is 5.82. The van der Waals surface area contributed by atoms with Gasteiger partial charge in [-0.25, -0.2) is 9.59 Å². The highest BCUT2D eigenvalue weighted by Crippen LogP contribution is 2.43. The molecule has 5 nitrogen and oxygen atoms in total. The molecule has 1 atom stereocenters. The monoisotopic (exact) mass is 439 g/mol. The Morgan fingerprint density at radius 2 is 1.72 bits per heavy atom. The Balaban J connectivity index is 2.35. The molecule has 0 aliphatic carbocycles. The second-order valence-electron chi connectivity index (χ2n) is 7.13. The van der Waals surface area contributed by atoms with Crippen molar-refractivity contribution in [1.82, 2.24) is 5.32 Å². The zero-order chi connectivity index (χ0) is 21.6. The number of hydrogen-bond acceptors (Lipinski definition) is 4. The fourth-order valence-electron chi connectivity index (χ4n) is 3.55. The van der Waals surface area contributed by atoms with Gasteiger partial charge in [-0.3, -0.25) is 0 Å². The van der Waals surface area contributed by atoms with Crippen molar-refractivity contribution in [2.24, 2.45) is 0 Å². The third-order valence-electron chi connectivity index (χ3n) is 4.98. The van der Waals surface area contributed by atoms with E-state index in [1.165, 1.54) is 0 Å². The van der Waals surface area contributed by atoms with Crippen LogP contribution in [-0.2, 0) is 14.3 Å². The summed E-state index contributed by atoms with van der Waals surface area (Å²) in [5.41, 5.74) is 1.75. The van der Waals surface area contributed by atoms with Gasteiger partial charge < -0.3 is 15.2 Å². The van der Waals surface area contributed by atoms with Crippen LogP contribution in [0.4, 0.5) is 0 Å². The molecule has 0 fully saturated rings. The predicted molar refractivity (Wildman–Crippen MR) is 115 cm³/mol. The number of unbranched alkanes of at least 4 members (excludes halogenated alkanes) is 4. The lowest BCUT2D eigenvalue weighted by atomic mass is 9.80. The fourth-order valence-corrected chi connectivity index (χ4v) is 3.97. The predicted octanol–water partition coefficient (Wildman–Crippen LogP) is 5.83. The lowest BCUT2D eigenvalue weighted by Crippen LogP contribution is -2.32. The molecular weight excluding hydrogens is 413 g/mol. The Morgan fingerprint density at radius 3 is 2.38 bits per heavy atom. The summed E-state index contributed by atoms with van der Waals surface area (Å²) in [4.78, 5) is 25.0. The number of ether oxygens (including phenoxy) is 1. The third kappa shape index (κ3) is 5.55. The number of dihydropyridines is 1. The van der Waals surface area contributed by atoms with E-state index in [1.54, 1.807) is 32.0 Å². The highest BCUT2D eigenvalue weighted by Gasteiger charge is 2.38. The van der Waals surface area contributed by atoms with Gasteiger partial charge in [-0.2, -0.15) is 0 Å². The van der Waals surface area contributed by atoms with Gasteiger partial charge in [0.2, 0.25) is 0 Å². The Morgan fingerprint density at radius 1 is 1.07 bits per heavy atom. The van der Waals surface area contributed by atoms with Crippen LogP contribution < -0.4 is 5.32 Å². The van der Waals surface area contributed by atoms with Crippen molar-refractivity contribution in [2.75, 3.05) is 6.61 Å². The molecule has 0 saturated heterocycles. The molecule has 2 N–H and O–H groups in total.